The monoisotopic (exact) mass is 447 g/mol. The van der Waals surface area contributed by atoms with Crippen LogP contribution in [-0.4, -0.2) is 65.4 Å². The van der Waals surface area contributed by atoms with Crippen molar-refractivity contribution in [3.05, 3.63) is 71.4 Å². The first-order valence-electron chi connectivity index (χ1n) is 11.1. The van der Waals surface area contributed by atoms with Crippen molar-refractivity contribution < 1.29 is 19.4 Å². The van der Waals surface area contributed by atoms with E-state index in [1.54, 1.807) is 11.1 Å². The van der Waals surface area contributed by atoms with Gasteiger partial charge in [0.15, 0.2) is 0 Å². The summed E-state index contributed by atoms with van der Waals surface area (Å²) in [6, 6.07) is 14.2. The fourth-order valence-electron chi connectivity index (χ4n) is 4.34. The van der Waals surface area contributed by atoms with Gasteiger partial charge in [-0.1, -0.05) is 30.3 Å². The number of ether oxygens (including phenoxy) is 1. The highest BCUT2D eigenvalue weighted by Crippen LogP contribution is 2.41. The summed E-state index contributed by atoms with van der Waals surface area (Å²) < 4.78 is 5.55. The molecule has 2 heterocycles. The van der Waals surface area contributed by atoms with E-state index in [9.17, 15) is 14.7 Å². The number of nitrogens with zero attached hydrogens (tertiary/aromatic N) is 2. The molecule has 2 aromatic carbocycles. The molecule has 172 valence electrons. The molecule has 1 aromatic heterocycles. The van der Waals surface area contributed by atoms with Gasteiger partial charge in [0.25, 0.3) is 11.7 Å². The number of likely N-dealkylation sites (tertiary alicyclic amines) is 1. The second-order valence-corrected chi connectivity index (χ2v) is 8.40. The number of fused-ring (bicyclic) bond motifs is 1. The number of carbonyl (C=O) groups is 2. The average molecular weight is 448 g/mol. The predicted molar refractivity (Wildman–Crippen MR) is 128 cm³/mol. The lowest BCUT2D eigenvalue weighted by Crippen LogP contribution is -2.32. The van der Waals surface area contributed by atoms with Crippen molar-refractivity contribution >= 4 is 28.4 Å². The van der Waals surface area contributed by atoms with Gasteiger partial charge < -0.3 is 24.6 Å². The molecule has 33 heavy (non-hydrogen) atoms. The van der Waals surface area contributed by atoms with Crippen LogP contribution in [-0.2, 0) is 9.59 Å². The number of amides is 1. The molecule has 0 bridgehead atoms. The lowest BCUT2D eigenvalue weighted by atomic mass is 9.95. The number of nitrogens with one attached hydrogen (secondary N) is 1. The maximum Gasteiger partial charge on any atom is 0.295 e. The topological polar surface area (TPSA) is 85.9 Å². The number of hydrogen-bond donors (Lipinski definition) is 2. The molecular formula is C26H29N3O4. The molecule has 7 nitrogen and oxygen atoms in total. The Morgan fingerprint density at radius 1 is 1.12 bits per heavy atom. The molecule has 1 saturated heterocycles. The quantitative estimate of drug-likeness (QED) is 0.310. The fraction of sp³-hybridized carbons (Fsp3) is 0.308. The van der Waals surface area contributed by atoms with Crippen molar-refractivity contribution in [1.82, 2.24) is 14.8 Å². The fourth-order valence-corrected chi connectivity index (χ4v) is 4.34. The first kappa shape index (κ1) is 22.6. The molecule has 0 aliphatic carbocycles. The summed E-state index contributed by atoms with van der Waals surface area (Å²) in [5, 5.41) is 12.1. The number of aromatic nitrogens is 1. The van der Waals surface area contributed by atoms with Gasteiger partial charge in [-0.2, -0.15) is 0 Å². The number of hydrogen-bond acceptors (Lipinski definition) is 5. The molecular weight excluding hydrogens is 418 g/mol. The van der Waals surface area contributed by atoms with Gasteiger partial charge in [-0.3, -0.25) is 9.59 Å². The molecule has 1 fully saturated rings. The minimum atomic E-state index is -0.670. The highest BCUT2D eigenvalue weighted by Gasteiger charge is 2.46. The zero-order chi connectivity index (χ0) is 23.5. The Kier molecular flexibility index (Phi) is 6.51. The predicted octanol–water partition coefficient (Wildman–Crippen LogP) is 3.94. The molecule has 3 aromatic rings. The molecule has 0 radical (unpaired) electrons. The van der Waals surface area contributed by atoms with E-state index in [4.69, 9.17) is 4.74 Å². The first-order valence-corrected chi connectivity index (χ1v) is 11.1. The van der Waals surface area contributed by atoms with E-state index in [-0.39, 0.29) is 11.3 Å². The summed E-state index contributed by atoms with van der Waals surface area (Å²) in [6.45, 7) is 3.64. The number of aliphatic hydroxyl groups excluding tert-OH is 1. The summed E-state index contributed by atoms with van der Waals surface area (Å²) in [4.78, 5) is 33.0. The average Bonchev–Trinajstić information content (AvgIpc) is 3.34. The van der Waals surface area contributed by atoms with E-state index in [0.29, 0.717) is 30.9 Å². The minimum Gasteiger partial charge on any atom is -0.507 e. The standard InChI is InChI=1S/C26H29N3O4/c1-4-33-18-12-10-17(11-13-18)23-22(25(31)26(32)29(23)15-7-14-28(2)3)24(30)20-16-27-21-9-6-5-8-19(20)21/h5-6,8-13,16,23,27,30H,4,7,14-15H2,1-3H3/b24-22-. The second kappa shape index (κ2) is 9.50. The summed E-state index contributed by atoms with van der Waals surface area (Å²) >= 11 is 0. The number of benzene rings is 2. The summed E-state index contributed by atoms with van der Waals surface area (Å²) in [7, 11) is 3.93. The zero-order valence-electron chi connectivity index (χ0n) is 19.2. The highest BCUT2D eigenvalue weighted by molar-refractivity contribution is 6.46. The Bertz CT molecular complexity index is 1190. The smallest absolute Gasteiger partial charge is 0.295 e. The number of aromatic amines is 1. The molecule has 0 saturated carbocycles. The summed E-state index contributed by atoms with van der Waals surface area (Å²) in [6.07, 6.45) is 2.38. The first-order chi connectivity index (χ1) is 15.9. The lowest BCUT2D eigenvalue weighted by Gasteiger charge is -2.26. The van der Waals surface area contributed by atoms with Gasteiger partial charge in [-0.05, 0) is 57.7 Å². The van der Waals surface area contributed by atoms with Crippen molar-refractivity contribution in [3.63, 3.8) is 0 Å². The van der Waals surface area contributed by atoms with E-state index in [1.807, 2.05) is 74.4 Å². The van der Waals surface area contributed by atoms with Crippen LogP contribution in [0.2, 0.25) is 0 Å². The van der Waals surface area contributed by atoms with Crippen molar-refractivity contribution in [2.75, 3.05) is 33.8 Å². The van der Waals surface area contributed by atoms with E-state index >= 15 is 0 Å². The summed E-state index contributed by atoms with van der Waals surface area (Å²) in [5.41, 5.74) is 2.22. The van der Waals surface area contributed by atoms with Crippen LogP contribution in [0.1, 0.15) is 30.5 Å². The van der Waals surface area contributed by atoms with Crippen molar-refractivity contribution in [2.24, 2.45) is 0 Å². The molecule has 1 aliphatic rings. The largest absolute Gasteiger partial charge is 0.507 e. The van der Waals surface area contributed by atoms with Crippen LogP contribution in [0.15, 0.2) is 60.3 Å². The lowest BCUT2D eigenvalue weighted by molar-refractivity contribution is -0.139. The molecule has 2 N–H and O–H groups in total. The van der Waals surface area contributed by atoms with Crippen LogP contribution in [0.4, 0.5) is 0 Å². The third kappa shape index (κ3) is 4.36. The van der Waals surface area contributed by atoms with Gasteiger partial charge in [0.05, 0.1) is 18.2 Å². The number of rotatable bonds is 8. The molecule has 1 unspecified atom stereocenters. The van der Waals surface area contributed by atoms with E-state index in [0.717, 1.165) is 23.0 Å². The maximum absolute atomic E-state index is 13.2. The van der Waals surface area contributed by atoms with Crippen LogP contribution < -0.4 is 4.74 Å². The molecule has 7 heteroatoms. The number of carbonyl (C=O) groups excluding carboxylic acids is 2. The zero-order valence-corrected chi connectivity index (χ0v) is 19.2. The Balaban J connectivity index is 1.81. The number of H-pyrrole nitrogens is 1. The van der Waals surface area contributed by atoms with Gasteiger partial charge in [-0.15, -0.1) is 0 Å². The highest BCUT2D eigenvalue weighted by atomic mass is 16.5. The van der Waals surface area contributed by atoms with Crippen LogP contribution in [0, 0.1) is 0 Å². The van der Waals surface area contributed by atoms with Crippen molar-refractivity contribution in [1.29, 1.82) is 0 Å². The van der Waals surface area contributed by atoms with Gasteiger partial charge in [0, 0.05) is 29.2 Å². The van der Waals surface area contributed by atoms with E-state index in [1.165, 1.54) is 0 Å². The molecule has 1 amide bonds. The molecule has 1 aliphatic heterocycles. The van der Waals surface area contributed by atoms with Gasteiger partial charge >= 0.3 is 0 Å². The van der Waals surface area contributed by atoms with Crippen LogP contribution in [0.5, 0.6) is 5.75 Å². The maximum atomic E-state index is 13.2. The number of ketones is 1. The molecule has 4 rings (SSSR count). The minimum absolute atomic E-state index is 0.110. The van der Waals surface area contributed by atoms with Crippen LogP contribution in [0.25, 0.3) is 16.7 Å². The molecule has 1 atom stereocenters. The van der Waals surface area contributed by atoms with Crippen LogP contribution in [0.3, 0.4) is 0 Å². The number of Topliss-reactive ketones (excluding diaryl/α,β-unsaturated/α-hetero) is 1. The Hall–Kier alpha value is -3.58. The number of aliphatic hydroxyl groups is 1. The molecule has 0 spiro atoms. The van der Waals surface area contributed by atoms with Gasteiger partial charge in [-0.25, -0.2) is 0 Å². The van der Waals surface area contributed by atoms with Crippen molar-refractivity contribution in [3.8, 4) is 5.75 Å². The Morgan fingerprint density at radius 3 is 2.55 bits per heavy atom. The number of para-hydroxylation sites is 1. The summed E-state index contributed by atoms with van der Waals surface area (Å²) in [5.74, 6) is -0.710. The van der Waals surface area contributed by atoms with Crippen LogP contribution >= 0.6 is 0 Å². The third-order valence-corrected chi connectivity index (χ3v) is 5.90. The Morgan fingerprint density at radius 2 is 1.85 bits per heavy atom. The normalized spacial score (nSPS) is 17.9. The van der Waals surface area contributed by atoms with Gasteiger partial charge in [0.1, 0.15) is 11.5 Å². The SMILES string of the molecule is CCOc1ccc(C2/C(=C(/O)c3c[nH]c4ccccc34)C(=O)C(=O)N2CCCN(C)C)cc1. The van der Waals surface area contributed by atoms with Crippen molar-refractivity contribution in [2.45, 2.75) is 19.4 Å². The third-order valence-electron chi connectivity index (χ3n) is 5.90. The van der Waals surface area contributed by atoms with E-state index < -0.39 is 17.7 Å². The van der Waals surface area contributed by atoms with Gasteiger partial charge in [0.2, 0.25) is 0 Å². The van der Waals surface area contributed by atoms with E-state index in [2.05, 4.69) is 4.98 Å². The Labute approximate surface area is 193 Å². The second-order valence-electron chi connectivity index (χ2n) is 8.40.